The van der Waals surface area contributed by atoms with Crippen molar-refractivity contribution in [1.29, 1.82) is 0 Å². The van der Waals surface area contributed by atoms with Crippen LogP contribution < -0.4 is 0 Å². The van der Waals surface area contributed by atoms with E-state index in [2.05, 4.69) is 55.4 Å². The van der Waals surface area contributed by atoms with Crippen LogP contribution in [0.4, 0.5) is 0 Å². The monoisotopic (exact) mass is 869 g/mol. The Labute approximate surface area is 376 Å². The van der Waals surface area contributed by atoms with Crippen molar-refractivity contribution in [3.8, 4) is 0 Å². The second kappa shape index (κ2) is 32.3. The maximum Gasteiger partial charge on any atom is 0.165 e. The first-order chi connectivity index (χ1) is 28.3. The van der Waals surface area contributed by atoms with Gasteiger partial charge in [-0.2, -0.15) is 0 Å². The maximum absolute atomic E-state index is 6.34. The van der Waals surface area contributed by atoms with Crippen LogP contribution in [0.1, 0.15) is 235 Å². The molecule has 0 aromatic rings. The van der Waals surface area contributed by atoms with Crippen LogP contribution in [0.5, 0.6) is 0 Å². The zero-order valence-corrected chi connectivity index (χ0v) is 41.8. The molecule has 2 unspecified atom stereocenters. The number of hydrogen-bond acceptors (Lipinski definition) is 8. The van der Waals surface area contributed by atoms with Crippen molar-refractivity contribution in [3.05, 3.63) is 0 Å². The molecule has 0 saturated carbocycles. The topological polar surface area (TPSA) is 55.4 Å². The number of thiocarbonyl (C=S) groups is 2. The second-order valence-corrected chi connectivity index (χ2v) is 21.6. The largest absolute Gasteiger partial charge is 0.486 e. The van der Waals surface area contributed by atoms with Gasteiger partial charge >= 0.3 is 0 Å². The molecule has 2 rings (SSSR count). The Morgan fingerprint density at radius 2 is 0.729 bits per heavy atom. The third-order valence-corrected chi connectivity index (χ3v) is 13.4. The van der Waals surface area contributed by atoms with E-state index in [0.29, 0.717) is 61.6 Å². The zero-order chi connectivity index (χ0) is 43.2. The molecule has 1 spiro atoms. The molecule has 2 fully saturated rings. The molecule has 0 amide bonds. The molecule has 6 nitrogen and oxygen atoms in total. The van der Waals surface area contributed by atoms with Crippen LogP contribution in [0.2, 0.25) is 0 Å². The van der Waals surface area contributed by atoms with Crippen molar-refractivity contribution < 1.29 is 28.4 Å². The molecule has 0 N–H and O–H groups in total. The zero-order valence-electron chi connectivity index (χ0n) is 40.1. The predicted octanol–water partition coefficient (Wildman–Crippen LogP) is 15.7. The van der Waals surface area contributed by atoms with Gasteiger partial charge in [0.05, 0.1) is 45.1 Å². The molecular formula is C51H96O6S2. The van der Waals surface area contributed by atoms with Gasteiger partial charge in [0.1, 0.15) is 0 Å². The fourth-order valence-electron chi connectivity index (χ4n) is 8.49. The Morgan fingerprint density at radius 3 is 1.00 bits per heavy atom. The van der Waals surface area contributed by atoms with Crippen LogP contribution in [0.25, 0.3) is 0 Å². The minimum atomic E-state index is -0.375. The first-order valence-electron chi connectivity index (χ1n) is 25.1. The molecule has 59 heavy (non-hydrogen) atoms. The third-order valence-electron chi connectivity index (χ3n) is 12.8. The fourth-order valence-corrected chi connectivity index (χ4v) is 9.17. The van der Waals surface area contributed by atoms with E-state index in [0.717, 1.165) is 12.8 Å². The van der Waals surface area contributed by atoms with E-state index in [9.17, 15) is 0 Å². The van der Waals surface area contributed by atoms with E-state index in [-0.39, 0.29) is 28.8 Å². The summed E-state index contributed by atoms with van der Waals surface area (Å²) in [5.74, 6) is 1.09. The highest BCUT2D eigenvalue weighted by Gasteiger charge is 2.48. The second-order valence-electron chi connectivity index (χ2n) is 20.7. The van der Waals surface area contributed by atoms with Crippen molar-refractivity contribution in [1.82, 2.24) is 0 Å². The van der Waals surface area contributed by atoms with E-state index in [1.165, 1.54) is 167 Å². The highest BCUT2D eigenvalue weighted by atomic mass is 32.1. The standard InChI is InChI=1S/C51H96O6S2/c1-9-11-13-15-17-19-21-23-25-27-29-31-33-43(3)35-45(58)52-37-49(5,6)47-54-39-51(40-55-47)41-56-48(57-42-51)50(7,8)38-53-46(59)36-44(4)34-32-30-28-26-24-22-20-18-16-14-12-10-2/h43-44,47-48H,9-42H2,1-8H3. The highest BCUT2D eigenvalue weighted by Crippen LogP contribution is 2.39. The van der Waals surface area contributed by atoms with Gasteiger partial charge in [-0.3, -0.25) is 0 Å². The van der Waals surface area contributed by atoms with Crippen LogP contribution in [0, 0.1) is 28.1 Å². The van der Waals surface area contributed by atoms with E-state index in [4.69, 9.17) is 52.9 Å². The van der Waals surface area contributed by atoms with Crippen LogP contribution >= 0.6 is 24.4 Å². The summed E-state index contributed by atoms with van der Waals surface area (Å²) in [6.07, 6.45) is 36.5. The average molecular weight is 869 g/mol. The molecular weight excluding hydrogens is 773 g/mol. The maximum atomic E-state index is 6.34. The van der Waals surface area contributed by atoms with Crippen LogP contribution in [0.3, 0.4) is 0 Å². The summed E-state index contributed by atoms with van der Waals surface area (Å²) in [6, 6.07) is 0. The van der Waals surface area contributed by atoms with Crippen molar-refractivity contribution in [3.63, 3.8) is 0 Å². The van der Waals surface area contributed by atoms with Crippen molar-refractivity contribution in [2.24, 2.45) is 28.1 Å². The van der Waals surface area contributed by atoms with Crippen molar-refractivity contribution >= 4 is 34.5 Å². The number of ether oxygens (including phenoxy) is 6. The lowest BCUT2D eigenvalue weighted by atomic mass is 9.86. The average Bonchev–Trinajstić information content (AvgIpc) is 3.20. The predicted molar refractivity (Wildman–Crippen MR) is 257 cm³/mol. The molecule has 0 bridgehead atoms. The van der Waals surface area contributed by atoms with Crippen molar-refractivity contribution in [2.75, 3.05) is 39.6 Å². The fraction of sp³-hybridized carbons (Fsp3) is 0.961. The molecule has 0 aromatic carbocycles. The summed E-state index contributed by atoms with van der Waals surface area (Å²) in [5.41, 5.74) is -1.01. The van der Waals surface area contributed by atoms with Gasteiger partial charge < -0.3 is 28.4 Å². The Balaban J connectivity index is 1.53. The lowest BCUT2D eigenvalue weighted by Gasteiger charge is -2.48. The number of rotatable bonds is 36. The van der Waals surface area contributed by atoms with Gasteiger partial charge in [0.25, 0.3) is 0 Å². The molecule has 0 aromatic heterocycles. The molecule has 8 heteroatoms. The first-order valence-corrected chi connectivity index (χ1v) is 25.9. The quantitative estimate of drug-likeness (QED) is 0.0456. The summed E-state index contributed by atoms with van der Waals surface area (Å²) < 4.78 is 37.6. The van der Waals surface area contributed by atoms with Gasteiger partial charge in [-0.1, -0.05) is 222 Å². The Bertz CT molecular complexity index is 963. The van der Waals surface area contributed by atoms with Gasteiger partial charge in [-0.25, -0.2) is 0 Å². The van der Waals surface area contributed by atoms with E-state index >= 15 is 0 Å². The summed E-state index contributed by atoms with van der Waals surface area (Å²) >= 11 is 11.4. The summed E-state index contributed by atoms with van der Waals surface area (Å²) in [6.45, 7) is 20.7. The van der Waals surface area contributed by atoms with Crippen LogP contribution in [0.15, 0.2) is 0 Å². The SMILES string of the molecule is CCCCCCCCCCCCCCC(C)CC(=S)OCC(C)(C)C1OCC2(CO1)COC(C(C)(C)COC(=S)CC(C)CCCCCCCCCCCCCC)OC2. The van der Waals surface area contributed by atoms with Crippen LogP contribution in [-0.4, -0.2) is 62.3 Å². The molecule has 2 saturated heterocycles. The van der Waals surface area contributed by atoms with Gasteiger partial charge in [-0.15, -0.1) is 0 Å². The lowest BCUT2D eigenvalue weighted by Crippen LogP contribution is -2.57. The smallest absolute Gasteiger partial charge is 0.165 e. The van der Waals surface area contributed by atoms with E-state index < -0.39 is 0 Å². The molecule has 348 valence electrons. The Kier molecular flexibility index (Phi) is 30.0. The summed E-state index contributed by atoms with van der Waals surface area (Å²) in [5, 5.41) is 1.40. The van der Waals surface area contributed by atoms with Gasteiger partial charge in [0.2, 0.25) is 0 Å². The number of hydrogen-bond donors (Lipinski definition) is 0. The lowest BCUT2D eigenvalue weighted by molar-refractivity contribution is -0.336. The molecule has 2 aliphatic rings. The highest BCUT2D eigenvalue weighted by molar-refractivity contribution is 7.80. The van der Waals surface area contributed by atoms with Gasteiger partial charge in [0.15, 0.2) is 22.7 Å². The minimum Gasteiger partial charge on any atom is -0.486 e. The molecule has 2 aliphatic heterocycles. The summed E-state index contributed by atoms with van der Waals surface area (Å²) in [4.78, 5) is 0. The van der Waals surface area contributed by atoms with Gasteiger partial charge in [0, 0.05) is 23.7 Å². The van der Waals surface area contributed by atoms with Gasteiger partial charge in [-0.05, 0) is 36.3 Å². The Morgan fingerprint density at radius 1 is 0.475 bits per heavy atom. The van der Waals surface area contributed by atoms with Crippen LogP contribution in [-0.2, 0) is 28.4 Å². The summed E-state index contributed by atoms with van der Waals surface area (Å²) in [7, 11) is 0. The third kappa shape index (κ3) is 25.5. The molecule has 2 atom stereocenters. The Hall–Kier alpha value is -0.380. The minimum absolute atomic E-state index is 0.321. The van der Waals surface area contributed by atoms with Crippen molar-refractivity contribution in [2.45, 2.75) is 248 Å². The normalized spacial score (nSPS) is 21.1. The molecule has 2 heterocycles. The van der Waals surface area contributed by atoms with E-state index in [1.54, 1.807) is 0 Å². The molecule has 0 radical (unpaired) electrons. The first kappa shape index (κ1) is 54.8. The molecule has 0 aliphatic carbocycles. The van der Waals surface area contributed by atoms with E-state index in [1.807, 2.05) is 0 Å². The number of unbranched alkanes of at least 4 members (excludes halogenated alkanes) is 22.